The molecule has 0 saturated heterocycles. The highest BCUT2D eigenvalue weighted by Gasteiger charge is 1.99. The van der Waals surface area contributed by atoms with Crippen LogP contribution in [0.1, 0.15) is 19.3 Å². The smallest absolute Gasteiger partial charge is 0.239 e. The summed E-state index contributed by atoms with van der Waals surface area (Å²) in [6.07, 6.45) is 2.24. The molecule has 0 spiro atoms. The molecule has 0 aliphatic heterocycles. The van der Waals surface area contributed by atoms with Gasteiger partial charge in [-0.1, -0.05) is 18.2 Å². The van der Waals surface area contributed by atoms with Gasteiger partial charge < -0.3 is 10.6 Å². The maximum absolute atomic E-state index is 11.4. The van der Waals surface area contributed by atoms with Gasteiger partial charge in [0.15, 0.2) is 0 Å². The Labute approximate surface area is 102 Å². The number of nitriles is 1. The third-order valence-electron chi connectivity index (χ3n) is 2.26. The first-order chi connectivity index (χ1) is 8.33. The molecule has 90 valence electrons. The van der Waals surface area contributed by atoms with Gasteiger partial charge in [-0.25, -0.2) is 0 Å². The molecular formula is C13H17N3O. The molecule has 1 amide bonds. The number of carbonyl (C=O) groups excluding carboxylic acids is 1. The number of nitrogens with one attached hydrogen (secondary N) is 2. The quantitative estimate of drug-likeness (QED) is 0.704. The third kappa shape index (κ3) is 6.21. The van der Waals surface area contributed by atoms with Gasteiger partial charge in [-0.05, 0) is 25.0 Å². The molecular weight excluding hydrogens is 214 g/mol. The first kappa shape index (κ1) is 13.0. The zero-order chi connectivity index (χ0) is 12.3. The molecule has 0 heterocycles. The van der Waals surface area contributed by atoms with Crippen molar-refractivity contribution in [3.8, 4) is 6.07 Å². The molecule has 1 rings (SSSR count). The van der Waals surface area contributed by atoms with Crippen molar-refractivity contribution in [3.05, 3.63) is 30.3 Å². The lowest BCUT2D eigenvalue weighted by atomic mass is 10.2. The zero-order valence-corrected chi connectivity index (χ0v) is 9.78. The summed E-state index contributed by atoms with van der Waals surface area (Å²) >= 11 is 0. The number of rotatable bonds is 7. The molecule has 0 radical (unpaired) electrons. The minimum atomic E-state index is -0.0224. The second kappa shape index (κ2) is 8.17. The molecule has 0 aromatic heterocycles. The summed E-state index contributed by atoms with van der Waals surface area (Å²) in [7, 11) is 0. The van der Waals surface area contributed by atoms with E-state index in [1.807, 2.05) is 30.3 Å². The summed E-state index contributed by atoms with van der Waals surface area (Å²) in [4.78, 5) is 11.4. The van der Waals surface area contributed by atoms with Crippen LogP contribution in [0.5, 0.6) is 0 Å². The number of carbonyl (C=O) groups is 1. The fourth-order valence-corrected chi connectivity index (χ4v) is 1.36. The van der Waals surface area contributed by atoms with E-state index in [4.69, 9.17) is 5.26 Å². The molecule has 0 atom stereocenters. The van der Waals surface area contributed by atoms with E-state index in [9.17, 15) is 4.79 Å². The molecule has 0 bridgehead atoms. The van der Waals surface area contributed by atoms with E-state index >= 15 is 0 Å². The Balaban J connectivity index is 2.08. The Hall–Kier alpha value is -2.02. The van der Waals surface area contributed by atoms with Crippen molar-refractivity contribution < 1.29 is 4.79 Å². The Bertz CT molecular complexity index is 370. The summed E-state index contributed by atoms with van der Waals surface area (Å²) in [5.41, 5.74) is 0.937. The highest BCUT2D eigenvalue weighted by atomic mass is 16.1. The standard InChI is InChI=1S/C13H17N3O/c14-9-5-2-6-10-15-13(17)11-16-12-7-3-1-4-8-12/h1,3-4,7-8,16H,2,5-6,10-11H2,(H,15,17). The van der Waals surface area contributed by atoms with Crippen molar-refractivity contribution in [2.75, 3.05) is 18.4 Å². The van der Waals surface area contributed by atoms with Crippen molar-refractivity contribution in [2.45, 2.75) is 19.3 Å². The Kier molecular flexibility index (Phi) is 6.27. The average molecular weight is 231 g/mol. The van der Waals surface area contributed by atoms with Crippen LogP contribution < -0.4 is 10.6 Å². The van der Waals surface area contributed by atoms with Gasteiger partial charge in [0.1, 0.15) is 0 Å². The van der Waals surface area contributed by atoms with Crippen LogP contribution in [-0.2, 0) is 4.79 Å². The van der Waals surface area contributed by atoms with Gasteiger partial charge in [0, 0.05) is 18.7 Å². The second-order valence-corrected chi connectivity index (χ2v) is 3.68. The van der Waals surface area contributed by atoms with Gasteiger partial charge in [0.05, 0.1) is 12.6 Å². The highest BCUT2D eigenvalue weighted by molar-refractivity contribution is 5.80. The molecule has 0 aliphatic carbocycles. The number of unbranched alkanes of at least 4 members (excludes halogenated alkanes) is 2. The maximum atomic E-state index is 11.4. The molecule has 1 aromatic rings. The van der Waals surface area contributed by atoms with Gasteiger partial charge in [-0.2, -0.15) is 5.26 Å². The van der Waals surface area contributed by atoms with Crippen molar-refractivity contribution in [3.63, 3.8) is 0 Å². The lowest BCUT2D eigenvalue weighted by Crippen LogP contribution is -2.30. The largest absolute Gasteiger partial charge is 0.376 e. The van der Waals surface area contributed by atoms with Crippen molar-refractivity contribution in [2.24, 2.45) is 0 Å². The molecule has 2 N–H and O–H groups in total. The monoisotopic (exact) mass is 231 g/mol. The van der Waals surface area contributed by atoms with Crippen molar-refractivity contribution >= 4 is 11.6 Å². The Morgan fingerprint density at radius 3 is 2.71 bits per heavy atom. The topological polar surface area (TPSA) is 64.9 Å². The van der Waals surface area contributed by atoms with Crippen LogP contribution in [0.2, 0.25) is 0 Å². The first-order valence-corrected chi connectivity index (χ1v) is 5.75. The van der Waals surface area contributed by atoms with E-state index in [-0.39, 0.29) is 12.5 Å². The van der Waals surface area contributed by atoms with Crippen LogP contribution in [0.4, 0.5) is 5.69 Å². The summed E-state index contributed by atoms with van der Waals surface area (Å²) in [5, 5.41) is 14.2. The zero-order valence-electron chi connectivity index (χ0n) is 9.78. The maximum Gasteiger partial charge on any atom is 0.239 e. The van der Waals surface area contributed by atoms with E-state index in [0.717, 1.165) is 18.5 Å². The van der Waals surface area contributed by atoms with Crippen LogP contribution in [-0.4, -0.2) is 19.0 Å². The van der Waals surface area contributed by atoms with Gasteiger partial charge in [0.2, 0.25) is 5.91 Å². The van der Waals surface area contributed by atoms with Gasteiger partial charge in [0.25, 0.3) is 0 Å². The van der Waals surface area contributed by atoms with E-state index in [1.54, 1.807) is 0 Å². The number of para-hydroxylation sites is 1. The summed E-state index contributed by atoms with van der Waals surface area (Å²) in [6, 6.07) is 11.7. The van der Waals surface area contributed by atoms with Crippen LogP contribution in [0.25, 0.3) is 0 Å². The number of anilines is 1. The molecule has 0 aliphatic rings. The summed E-state index contributed by atoms with van der Waals surface area (Å²) in [6.45, 7) is 0.916. The minimum absolute atomic E-state index is 0.0224. The first-order valence-electron chi connectivity index (χ1n) is 5.75. The van der Waals surface area contributed by atoms with Crippen molar-refractivity contribution in [1.82, 2.24) is 5.32 Å². The molecule has 4 heteroatoms. The van der Waals surface area contributed by atoms with E-state index in [1.165, 1.54) is 0 Å². The molecule has 0 saturated carbocycles. The molecule has 17 heavy (non-hydrogen) atoms. The predicted molar refractivity (Wildman–Crippen MR) is 67.4 cm³/mol. The Morgan fingerprint density at radius 2 is 2.00 bits per heavy atom. The van der Waals surface area contributed by atoms with Crippen LogP contribution in [0.3, 0.4) is 0 Å². The normalized spacial score (nSPS) is 9.35. The second-order valence-electron chi connectivity index (χ2n) is 3.68. The van der Waals surface area contributed by atoms with Gasteiger partial charge in [-0.15, -0.1) is 0 Å². The van der Waals surface area contributed by atoms with Crippen LogP contribution in [0, 0.1) is 11.3 Å². The van der Waals surface area contributed by atoms with Crippen LogP contribution >= 0.6 is 0 Å². The molecule has 4 nitrogen and oxygen atoms in total. The molecule has 0 fully saturated rings. The fourth-order valence-electron chi connectivity index (χ4n) is 1.36. The number of nitrogens with zero attached hydrogens (tertiary/aromatic N) is 1. The highest BCUT2D eigenvalue weighted by Crippen LogP contribution is 2.03. The van der Waals surface area contributed by atoms with Crippen LogP contribution in [0.15, 0.2) is 30.3 Å². The lowest BCUT2D eigenvalue weighted by molar-refractivity contribution is -0.119. The van der Waals surface area contributed by atoms with E-state index in [2.05, 4.69) is 16.7 Å². The fraction of sp³-hybridized carbons (Fsp3) is 0.385. The molecule has 0 unspecified atom stereocenters. The average Bonchev–Trinajstić information content (AvgIpc) is 2.37. The number of hydrogen-bond donors (Lipinski definition) is 2. The SMILES string of the molecule is N#CCCCCNC(=O)CNc1ccccc1. The molecule has 1 aromatic carbocycles. The van der Waals surface area contributed by atoms with E-state index < -0.39 is 0 Å². The number of hydrogen-bond acceptors (Lipinski definition) is 3. The third-order valence-corrected chi connectivity index (χ3v) is 2.26. The predicted octanol–water partition coefficient (Wildman–Crippen LogP) is 1.91. The Morgan fingerprint density at radius 1 is 1.24 bits per heavy atom. The number of benzene rings is 1. The van der Waals surface area contributed by atoms with E-state index in [0.29, 0.717) is 13.0 Å². The number of amides is 1. The minimum Gasteiger partial charge on any atom is -0.376 e. The van der Waals surface area contributed by atoms with Gasteiger partial charge >= 0.3 is 0 Å². The summed E-state index contributed by atoms with van der Waals surface area (Å²) in [5.74, 6) is -0.0224. The van der Waals surface area contributed by atoms with Gasteiger partial charge in [-0.3, -0.25) is 4.79 Å². The summed E-state index contributed by atoms with van der Waals surface area (Å²) < 4.78 is 0. The lowest BCUT2D eigenvalue weighted by Gasteiger charge is -2.07. The van der Waals surface area contributed by atoms with Crippen molar-refractivity contribution in [1.29, 1.82) is 5.26 Å².